The summed E-state index contributed by atoms with van der Waals surface area (Å²) in [5, 5.41) is 11.1. The number of carbonyl (C=O) groups excluding carboxylic acids is 1. The maximum atomic E-state index is 14.9. The van der Waals surface area contributed by atoms with E-state index in [4.69, 9.17) is 5.26 Å². The molecule has 3 rings (SSSR count). The minimum Gasteiger partial charge on any atom is -0.343 e. The van der Waals surface area contributed by atoms with Gasteiger partial charge in [-0.2, -0.15) is 5.26 Å². The molecule has 1 fully saturated rings. The quantitative estimate of drug-likeness (QED) is 0.623. The van der Waals surface area contributed by atoms with Crippen LogP contribution in [0.4, 0.5) is 23.2 Å². The first kappa shape index (κ1) is 22.8. The number of alkyl halides is 2. The molecule has 0 aliphatic heterocycles. The molecule has 0 bridgehead atoms. The van der Waals surface area contributed by atoms with E-state index in [2.05, 4.69) is 10.0 Å². The Kier molecular flexibility index (Phi) is 6.11. The maximum absolute atomic E-state index is 14.9. The number of anilines is 1. The molecule has 31 heavy (non-hydrogen) atoms. The Labute approximate surface area is 175 Å². The topological polar surface area (TPSA) is 104 Å². The fourth-order valence-electron chi connectivity index (χ4n) is 3.50. The molecule has 7 nitrogen and oxygen atoms in total. The third-order valence-corrected chi connectivity index (χ3v) is 6.69. The highest BCUT2D eigenvalue weighted by atomic mass is 32.2. The van der Waals surface area contributed by atoms with Crippen LogP contribution in [0.2, 0.25) is 0 Å². The highest BCUT2D eigenvalue weighted by Gasteiger charge is 2.46. The lowest BCUT2D eigenvalue weighted by Crippen LogP contribution is -2.52. The minimum atomic E-state index is -4.41. The van der Waals surface area contributed by atoms with Gasteiger partial charge in [0.2, 0.25) is 10.0 Å². The monoisotopic (exact) mass is 458 g/mol. The Morgan fingerprint density at radius 3 is 2.52 bits per heavy atom. The van der Waals surface area contributed by atoms with Crippen LogP contribution in [-0.2, 0) is 17.1 Å². The van der Waals surface area contributed by atoms with Gasteiger partial charge in [-0.1, -0.05) is 0 Å². The number of hydrogen-bond acceptors (Lipinski definition) is 4. The Hall–Kier alpha value is -2.91. The fourth-order valence-corrected chi connectivity index (χ4v) is 4.86. The smallest absolute Gasteiger partial charge is 0.275 e. The number of benzene rings is 1. The number of nitrogens with one attached hydrogen (secondary N) is 2. The number of hydrogen-bond donors (Lipinski definition) is 2. The Bertz CT molecular complexity index is 1160. The lowest BCUT2D eigenvalue weighted by molar-refractivity contribution is 0.0334. The van der Waals surface area contributed by atoms with E-state index in [-0.39, 0.29) is 24.1 Å². The van der Waals surface area contributed by atoms with Crippen molar-refractivity contribution in [1.82, 2.24) is 9.29 Å². The Morgan fingerprint density at radius 1 is 1.29 bits per heavy atom. The number of aromatic nitrogens is 1. The van der Waals surface area contributed by atoms with E-state index < -0.39 is 63.0 Å². The zero-order valence-electron chi connectivity index (χ0n) is 16.3. The summed E-state index contributed by atoms with van der Waals surface area (Å²) < 4.78 is 82.4. The predicted molar refractivity (Wildman–Crippen MR) is 102 cm³/mol. The van der Waals surface area contributed by atoms with Crippen molar-refractivity contribution in [1.29, 1.82) is 5.26 Å². The van der Waals surface area contributed by atoms with Gasteiger partial charge < -0.3 is 9.88 Å². The second kappa shape index (κ2) is 8.32. The van der Waals surface area contributed by atoms with E-state index in [9.17, 15) is 30.8 Å². The number of nitrogens with zero attached hydrogens (tertiary/aromatic N) is 2. The van der Waals surface area contributed by atoms with Gasteiger partial charge in [0.15, 0.2) is 5.82 Å². The zero-order valence-corrected chi connectivity index (χ0v) is 17.1. The van der Waals surface area contributed by atoms with Gasteiger partial charge in [-0.05, 0) is 31.0 Å². The van der Waals surface area contributed by atoms with Crippen molar-refractivity contribution in [2.24, 2.45) is 12.5 Å². The van der Waals surface area contributed by atoms with E-state index in [1.54, 1.807) is 6.07 Å². The molecule has 0 atom stereocenters. The number of rotatable bonds is 7. The van der Waals surface area contributed by atoms with Crippen LogP contribution in [0.25, 0.3) is 0 Å². The summed E-state index contributed by atoms with van der Waals surface area (Å²) in [5.41, 5.74) is -2.16. The first-order valence-corrected chi connectivity index (χ1v) is 10.5. The van der Waals surface area contributed by atoms with E-state index in [0.29, 0.717) is 0 Å². The molecule has 1 aliphatic rings. The van der Waals surface area contributed by atoms with Crippen molar-refractivity contribution in [3.8, 4) is 6.07 Å². The van der Waals surface area contributed by atoms with Crippen molar-refractivity contribution >= 4 is 21.6 Å². The molecule has 2 aromatic rings. The van der Waals surface area contributed by atoms with Crippen LogP contribution in [0.15, 0.2) is 29.3 Å². The van der Waals surface area contributed by atoms with Gasteiger partial charge in [0.1, 0.15) is 22.5 Å². The first-order chi connectivity index (χ1) is 14.6. The van der Waals surface area contributed by atoms with Gasteiger partial charge in [0.05, 0.1) is 18.9 Å². The molecule has 1 heterocycles. The number of halogens is 4. The minimum absolute atomic E-state index is 0.00864. The first-order valence-electron chi connectivity index (χ1n) is 9.06. The van der Waals surface area contributed by atoms with Gasteiger partial charge in [-0.3, -0.25) is 13.6 Å². The number of amides is 1. The molecule has 1 aromatic heterocycles. The van der Waals surface area contributed by atoms with Gasteiger partial charge in [0.25, 0.3) is 5.91 Å². The van der Waals surface area contributed by atoms with Gasteiger partial charge in [-0.15, -0.1) is 0 Å². The SMILES string of the molecule is Cn1cc(S(=O)(=O)NC2CC(CF)(CF)C2)c(F)c1C(=O)Nc1ccc(F)c(C#N)c1. The zero-order chi connectivity index (χ0) is 23.0. The lowest BCUT2D eigenvalue weighted by Gasteiger charge is -2.43. The molecule has 1 saturated carbocycles. The van der Waals surface area contributed by atoms with E-state index in [1.165, 1.54) is 7.05 Å². The lowest BCUT2D eigenvalue weighted by atomic mass is 9.67. The van der Waals surface area contributed by atoms with Gasteiger partial charge >= 0.3 is 0 Å². The molecule has 1 aromatic carbocycles. The summed E-state index contributed by atoms with van der Waals surface area (Å²) in [6.45, 7) is -1.86. The van der Waals surface area contributed by atoms with Crippen molar-refractivity contribution in [3.63, 3.8) is 0 Å². The molecular weight excluding hydrogens is 440 g/mol. The molecule has 0 radical (unpaired) electrons. The summed E-state index contributed by atoms with van der Waals surface area (Å²) >= 11 is 0. The Balaban J connectivity index is 1.80. The molecule has 2 N–H and O–H groups in total. The summed E-state index contributed by atoms with van der Waals surface area (Å²) in [6.07, 6.45) is 0.772. The summed E-state index contributed by atoms with van der Waals surface area (Å²) in [6, 6.07) is 4.00. The summed E-state index contributed by atoms with van der Waals surface area (Å²) in [4.78, 5) is 11.7. The number of nitriles is 1. The van der Waals surface area contributed by atoms with Crippen LogP contribution in [0.5, 0.6) is 0 Å². The number of carbonyl (C=O) groups is 1. The van der Waals surface area contributed by atoms with Gasteiger partial charge in [0, 0.05) is 30.4 Å². The van der Waals surface area contributed by atoms with Crippen molar-refractivity contribution < 1.29 is 30.8 Å². The largest absolute Gasteiger partial charge is 0.343 e. The van der Waals surface area contributed by atoms with E-state index in [0.717, 1.165) is 29.0 Å². The van der Waals surface area contributed by atoms with Crippen LogP contribution in [-0.4, -0.2) is 38.3 Å². The molecule has 1 aliphatic carbocycles. The average Bonchev–Trinajstić information content (AvgIpc) is 3.01. The maximum Gasteiger partial charge on any atom is 0.275 e. The van der Waals surface area contributed by atoms with Crippen LogP contribution in [0.1, 0.15) is 28.9 Å². The average molecular weight is 458 g/mol. The van der Waals surface area contributed by atoms with Crippen LogP contribution in [0.3, 0.4) is 0 Å². The third-order valence-electron chi connectivity index (χ3n) is 5.18. The number of aryl methyl sites for hydroxylation is 1. The molecule has 12 heteroatoms. The van der Waals surface area contributed by atoms with Crippen LogP contribution in [0, 0.1) is 28.4 Å². The van der Waals surface area contributed by atoms with Crippen molar-refractivity contribution in [2.75, 3.05) is 18.7 Å². The molecule has 0 saturated heterocycles. The van der Waals surface area contributed by atoms with Crippen molar-refractivity contribution in [2.45, 2.75) is 23.8 Å². The molecule has 1 amide bonds. The molecule has 166 valence electrons. The second-order valence-corrected chi connectivity index (χ2v) is 9.20. The normalized spacial score (nSPS) is 15.9. The van der Waals surface area contributed by atoms with Crippen LogP contribution < -0.4 is 10.0 Å². The predicted octanol–water partition coefficient (Wildman–Crippen LogP) is 2.79. The molecule has 0 spiro atoms. The summed E-state index contributed by atoms with van der Waals surface area (Å²) in [7, 11) is -3.15. The highest BCUT2D eigenvalue weighted by Crippen LogP contribution is 2.42. The Morgan fingerprint density at radius 2 is 1.94 bits per heavy atom. The molecule has 0 unspecified atom stereocenters. The highest BCUT2D eigenvalue weighted by molar-refractivity contribution is 7.89. The second-order valence-electron chi connectivity index (χ2n) is 7.52. The third kappa shape index (κ3) is 4.28. The number of sulfonamides is 1. The van der Waals surface area contributed by atoms with Crippen LogP contribution >= 0.6 is 0 Å². The standard InChI is InChI=1S/C19H18F4N4O3S/c1-27-8-15(31(29,30)26-13-5-19(6-13,9-20)10-21)16(23)17(27)18(28)25-12-2-3-14(22)11(4-12)7-24/h2-4,8,13,26H,5-6,9-10H2,1H3,(H,25,28). The molecular formula is C19H18F4N4O3S. The summed E-state index contributed by atoms with van der Waals surface area (Å²) in [5.74, 6) is -3.14. The fraction of sp³-hybridized carbons (Fsp3) is 0.368. The van der Waals surface area contributed by atoms with E-state index >= 15 is 0 Å². The van der Waals surface area contributed by atoms with Gasteiger partial charge in [-0.25, -0.2) is 21.9 Å². The van der Waals surface area contributed by atoms with Crippen molar-refractivity contribution in [3.05, 3.63) is 47.3 Å². The van der Waals surface area contributed by atoms with E-state index in [1.807, 2.05) is 0 Å².